The fourth-order valence-corrected chi connectivity index (χ4v) is 8.99. The molecule has 0 atom stereocenters. The molecule has 0 radical (unpaired) electrons. The molecule has 0 amide bonds. The standard InChI is InChI=1S/C49H30N2O2S/c1-3-11-31(12-4-1)34-15-9-16-36(29-34)51(35-23-21-32(22-24-35)38-18-10-19-40-39-17-7-8-20-45(39)54-48(38)40)37-25-26-41-44(30-37)52-42-27-28-43-47(46(41)42)50-49(53-43)33-13-5-2-6-14-33/h1-30H. The maximum Gasteiger partial charge on any atom is 0.227 e. The van der Waals surface area contributed by atoms with Crippen LogP contribution in [-0.4, -0.2) is 4.98 Å². The zero-order chi connectivity index (χ0) is 35.6. The molecule has 11 rings (SSSR count). The van der Waals surface area contributed by atoms with Crippen LogP contribution in [0, 0.1) is 0 Å². The molecule has 0 unspecified atom stereocenters. The van der Waals surface area contributed by atoms with Crippen LogP contribution in [0.2, 0.25) is 0 Å². The number of benzene rings is 8. The molecule has 254 valence electrons. The number of anilines is 3. The third kappa shape index (κ3) is 5.01. The van der Waals surface area contributed by atoms with Gasteiger partial charge in [0.25, 0.3) is 0 Å². The predicted octanol–water partition coefficient (Wildman–Crippen LogP) is 14.6. The van der Waals surface area contributed by atoms with Crippen LogP contribution in [0.4, 0.5) is 17.1 Å². The van der Waals surface area contributed by atoms with Crippen molar-refractivity contribution in [2.45, 2.75) is 0 Å². The Labute approximate surface area is 314 Å². The number of thiophene rings is 1. The first-order chi connectivity index (χ1) is 26.7. The van der Waals surface area contributed by atoms with E-state index in [-0.39, 0.29) is 0 Å². The molecule has 5 heteroatoms. The quantitative estimate of drug-likeness (QED) is 0.172. The Bertz CT molecular complexity index is 3160. The number of nitrogens with zero attached hydrogens (tertiary/aromatic N) is 2. The van der Waals surface area contributed by atoms with E-state index in [9.17, 15) is 0 Å². The molecule has 8 aromatic carbocycles. The molecular formula is C49H30N2O2S. The Morgan fingerprint density at radius 2 is 1.11 bits per heavy atom. The van der Waals surface area contributed by atoms with Gasteiger partial charge in [0.2, 0.25) is 5.89 Å². The van der Waals surface area contributed by atoms with Gasteiger partial charge >= 0.3 is 0 Å². The monoisotopic (exact) mass is 710 g/mol. The summed E-state index contributed by atoms with van der Waals surface area (Å²) in [5.41, 5.74) is 11.9. The van der Waals surface area contributed by atoms with E-state index < -0.39 is 0 Å². The van der Waals surface area contributed by atoms with Gasteiger partial charge in [0, 0.05) is 54.3 Å². The summed E-state index contributed by atoms with van der Waals surface area (Å²) in [6, 6.07) is 63.9. The molecule has 0 saturated carbocycles. The Hall–Kier alpha value is -6.95. The van der Waals surface area contributed by atoms with Crippen LogP contribution in [0.3, 0.4) is 0 Å². The van der Waals surface area contributed by atoms with Gasteiger partial charge in [-0.25, -0.2) is 4.98 Å². The molecule has 4 nitrogen and oxygen atoms in total. The lowest BCUT2D eigenvalue weighted by atomic mass is 10.0. The molecule has 0 aliphatic heterocycles. The molecule has 0 aliphatic carbocycles. The molecule has 11 aromatic rings. The largest absolute Gasteiger partial charge is 0.456 e. The molecule has 0 N–H and O–H groups in total. The van der Waals surface area contributed by atoms with Gasteiger partial charge in [-0.1, -0.05) is 109 Å². The Morgan fingerprint density at radius 1 is 0.426 bits per heavy atom. The van der Waals surface area contributed by atoms with Gasteiger partial charge in [-0.2, -0.15) is 0 Å². The Morgan fingerprint density at radius 3 is 1.96 bits per heavy atom. The first kappa shape index (κ1) is 30.7. The average molecular weight is 711 g/mol. The Kier molecular flexibility index (Phi) is 7.00. The molecule has 0 bridgehead atoms. The van der Waals surface area contributed by atoms with E-state index in [0.717, 1.165) is 61.2 Å². The fraction of sp³-hybridized carbons (Fsp3) is 0. The molecule has 0 aliphatic rings. The van der Waals surface area contributed by atoms with Crippen LogP contribution >= 0.6 is 11.3 Å². The summed E-state index contributed by atoms with van der Waals surface area (Å²) in [5, 5.41) is 4.56. The summed E-state index contributed by atoms with van der Waals surface area (Å²) in [6.45, 7) is 0. The molecule has 3 aromatic heterocycles. The lowest BCUT2D eigenvalue weighted by molar-refractivity contribution is 0.619. The number of fused-ring (bicyclic) bond motifs is 8. The molecular weight excluding hydrogens is 681 g/mol. The van der Waals surface area contributed by atoms with Gasteiger partial charge in [0.15, 0.2) is 5.58 Å². The SMILES string of the molecule is c1ccc(-c2cccc(N(c3ccc(-c4cccc5c4sc4ccccc45)cc3)c3ccc4c(c3)oc3ccc5oc(-c6ccccc6)nc5c34)c2)cc1. The minimum absolute atomic E-state index is 0.598. The van der Waals surface area contributed by atoms with E-state index in [2.05, 4.69) is 144 Å². The van der Waals surface area contributed by atoms with Gasteiger partial charge in [0.05, 0.1) is 5.39 Å². The van der Waals surface area contributed by atoms with Gasteiger partial charge in [-0.3, -0.25) is 0 Å². The Balaban J connectivity index is 1.05. The summed E-state index contributed by atoms with van der Waals surface area (Å²) in [6.07, 6.45) is 0. The first-order valence-corrected chi connectivity index (χ1v) is 18.8. The van der Waals surface area contributed by atoms with Crippen LogP contribution < -0.4 is 4.90 Å². The summed E-state index contributed by atoms with van der Waals surface area (Å²) in [4.78, 5) is 7.26. The van der Waals surface area contributed by atoms with Crippen LogP contribution in [0.25, 0.3) is 86.9 Å². The molecule has 0 saturated heterocycles. The number of furan rings is 1. The lowest BCUT2D eigenvalue weighted by Gasteiger charge is -2.26. The van der Waals surface area contributed by atoms with E-state index >= 15 is 0 Å². The average Bonchev–Trinajstić information content (AvgIpc) is 3.95. The van der Waals surface area contributed by atoms with Crippen LogP contribution in [0.5, 0.6) is 0 Å². The van der Waals surface area contributed by atoms with Crippen molar-refractivity contribution in [3.8, 4) is 33.7 Å². The summed E-state index contributed by atoms with van der Waals surface area (Å²) >= 11 is 1.86. The summed E-state index contributed by atoms with van der Waals surface area (Å²) in [5.74, 6) is 0.598. The highest BCUT2D eigenvalue weighted by atomic mass is 32.1. The van der Waals surface area contributed by atoms with Gasteiger partial charge in [-0.15, -0.1) is 11.3 Å². The van der Waals surface area contributed by atoms with Gasteiger partial charge in [-0.05, 0) is 89.0 Å². The number of aromatic nitrogens is 1. The first-order valence-electron chi connectivity index (χ1n) is 18.0. The number of oxazole rings is 1. The van der Waals surface area contributed by atoms with Crippen LogP contribution in [0.1, 0.15) is 0 Å². The normalized spacial score (nSPS) is 11.7. The second-order valence-corrected chi connectivity index (χ2v) is 14.6. The second-order valence-electron chi connectivity index (χ2n) is 13.5. The molecule has 0 fully saturated rings. The minimum atomic E-state index is 0.598. The minimum Gasteiger partial charge on any atom is -0.456 e. The highest BCUT2D eigenvalue weighted by Gasteiger charge is 2.20. The van der Waals surface area contributed by atoms with Crippen LogP contribution in [0.15, 0.2) is 191 Å². The van der Waals surface area contributed by atoms with Crippen molar-refractivity contribution in [1.82, 2.24) is 4.98 Å². The van der Waals surface area contributed by atoms with Crippen molar-refractivity contribution in [3.63, 3.8) is 0 Å². The second kappa shape index (κ2) is 12.3. The summed E-state index contributed by atoms with van der Waals surface area (Å²) in [7, 11) is 0. The highest BCUT2D eigenvalue weighted by molar-refractivity contribution is 7.26. The van der Waals surface area contributed by atoms with Gasteiger partial charge < -0.3 is 13.7 Å². The zero-order valence-corrected chi connectivity index (χ0v) is 29.8. The predicted molar refractivity (Wildman–Crippen MR) is 225 cm³/mol. The molecule has 3 heterocycles. The van der Waals surface area contributed by atoms with Gasteiger partial charge in [0.1, 0.15) is 16.7 Å². The van der Waals surface area contributed by atoms with Crippen molar-refractivity contribution in [1.29, 1.82) is 0 Å². The third-order valence-electron chi connectivity index (χ3n) is 10.3. The number of hydrogen-bond donors (Lipinski definition) is 0. The highest BCUT2D eigenvalue weighted by Crippen LogP contribution is 2.44. The fourth-order valence-electron chi connectivity index (χ4n) is 7.75. The number of hydrogen-bond acceptors (Lipinski definition) is 5. The number of rotatable bonds is 6. The van der Waals surface area contributed by atoms with Crippen molar-refractivity contribution in [3.05, 3.63) is 182 Å². The smallest absolute Gasteiger partial charge is 0.227 e. The maximum absolute atomic E-state index is 6.57. The van der Waals surface area contributed by atoms with E-state index in [1.165, 1.54) is 36.9 Å². The third-order valence-corrected chi connectivity index (χ3v) is 11.5. The van der Waals surface area contributed by atoms with E-state index in [1.807, 2.05) is 53.8 Å². The van der Waals surface area contributed by atoms with Crippen molar-refractivity contribution in [2.24, 2.45) is 0 Å². The van der Waals surface area contributed by atoms with Crippen LogP contribution in [-0.2, 0) is 0 Å². The molecule has 0 spiro atoms. The maximum atomic E-state index is 6.57. The van der Waals surface area contributed by atoms with Crippen molar-refractivity contribution >= 4 is 81.6 Å². The topological polar surface area (TPSA) is 42.4 Å². The van der Waals surface area contributed by atoms with Crippen molar-refractivity contribution < 1.29 is 8.83 Å². The lowest BCUT2D eigenvalue weighted by Crippen LogP contribution is -2.10. The van der Waals surface area contributed by atoms with Crippen molar-refractivity contribution in [2.75, 3.05) is 4.90 Å². The zero-order valence-electron chi connectivity index (χ0n) is 28.9. The van der Waals surface area contributed by atoms with E-state index in [0.29, 0.717) is 5.89 Å². The van der Waals surface area contributed by atoms with E-state index in [1.54, 1.807) is 0 Å². The van der Waals surface area contributed by atoms with E-state index in [4.69, 9.17) is 13.8 Å². The molecule has 54 heavy (non-hydrogen) atoms. The summed E-state index contributed by atoms with van der Waals surface area (Å²) < 4.78 is 15.4.